The Morgan fingerprint density at radius 1 is 1.44 bits per heavy atom. The van der Waals surface area contributed by atoms with E-state index in [1.54, 1.807) is 0 Å². The number of hydrogen-bond acceptors (Lipinski definition) is 1. The summed E-state index contributed by atoms with van der Waals surface area (Å²) in [6.45, 7) is 7.23. The summed E-state index contributed by atoms with van der Waals surface area (Å²) in [4.78, 5) is 12.0. The van der Waals surface area contributed by atoms with Crippen LogP contribution < -0.4 is 5.32 Å². The molecule has 0 aromatic rings. The predicted octanol–water partition coefficient (Wildman–Crippen LogP) is 3.29. The standard InChI is InChI=1S/C14H25NO/c1-4-5-8-11-15-13(16)12-9-6-7-10-14(12,2)3/h4-5,12H,6-11H2,1-3H3,(H,15,16)/b5-4+. The summed E-state index contributed by atoms with van der Waals surface area (Å²) in [5, 5.41) is 3.05. The van der Waals surface area contributed by atoms with Crippen LogP contribution in [-0.4, -0.2) is 12.5 Å². The lowest BCUT2D eigenvalue weighted by Gasteiger charge is -2.37. The van der Waals surface area contributed by atoms with Gasteiger partial charge in [-0.15, -0.1) is 0 Å². The third-order valence-corrected chi connectivity index (χ3v) is 3.67. The first-order valence-electron chi connectivity index (χ1n) is 6.47. The Bertz CT molecular complexity index is 255. The van der Waals surface area contributed by atoms with E-state index in [-0.39, 0.29) is 17.2 Å². The van der Waals surface area contributed by atoms with Crippen LogP contribution in [0.4, 0.5) is 0 Å². The van der Waals surface area contributed by atoms with Crippen LogP contribution in [0.15, 0.2) is 12.2 Å². The Morgan fingerprint density at radius 2 is 2.19 bits per heavy atom. The fourth-order valence-corrected chi connectivity index (χ4v) is 2.55. The summed E-state index contributed by atoms with van der Waals surface area (Å²) in [5.41, 5.74) is 0.183. The maximum atomic E-state index is 12.0. The highest BCUT2D eigenvalue weighted by Gasteiger charge is 2.36. The van der Waals surface area contributed by atoms with Crippen LogP contribution in [0, 0.1) is 11.3 Å². The van der Waals surface area contributed by atoms with Crippen molar-refractivity contribution < 1.29 is 4.79 Å². The molecular weight excluding hydrogens is 198 g/mol. The van der Waals surface area contributed by atoms with Gasteiger partial charge in [-0.2, -0.15) is 0 Å². The summed E-state index contributed by atoms with van der Waals surface area (Å²) < 4.78 is 0. The van der Waals surface area contributed by atoms with Gasteiger partial charge in [-0.25, -0.2) is 0 Å². The van der Waals surface area contributed by atoms with Crippen molar-refractivity contribution in [1.29, 1.82) is 0 Å². The Labute approximate surface area is 99.5 Å². The summed E-state index contributed by atoms with van der Waals surface area (Å²) >= 11 is 0. The minimum absolute atomic E-state index is 0.183. The van der Waals surface area contributed by atoms with E-state index < -0.39 is 0 Å². The quantitative estimate of drug-likeness (QED) is 0.575. The van der Waals surface area contributed by atoms with Gasteiger partial charge in [-0.05, 0) is 31.6 Å². The van der Waals surface area contributed by atoms with Gasteiger partial charge in [0.2, 0.25) is 5.91 Å². The van der Waals surface area contributed by atoms with Crippen LogP contribution in [0.3, 0.4) is 0 Å². The Morgan fingerprint density at radius 3 is 2.81 bits per heavy atom. The summed E-state index contributed by atoms with van der Waals surface area (Å²) in [5.74, 6) is 0.473. The Hall–Kier alpha value is -0.790. The average Bonchev–Trinajstić information content (AvgIpc) is 2.23. The van der Waals surface area contributed by atoms with Crippen LogP contribution in [0.1, 0.15) is 52.9 Å². The van der Waals surface area contributed by atoms with E-state index in [0.29, 0.717) is 0 Å². The van der Waals surface area contributed by atoms with Crippen molar-refractivity contribution in [1.82, 2.24) is 5.32 Å². The molecule has 0 bridgehead atoms. The van der Waals surface area contributed by atoms with Gasteiger partial charge in [0.1, 0.15) is 0 Å². The number of rotatable bonds is 4. The van der Waals surface area contributed by atoms with Gasteiger partial charge in [0, 0.05) is 12.5 Å². The molecule has 1 aliphatic carbocycles. The van der Waals surface area contributed by atoms with E-state index >= 15 is 0 Å². The number of allylic oxidation sites excluding steroid dienone is 1. The van der Waals surface area contributed by atoms with Gasteiger partial charge in [0.15, 0.2) is 0 Å². The monoisotopic (exact) mass is 223 g/mol. The molecule has 1 saturated carbocycles. The van der Waals surface area contributed by atoms with Crippen LogP contribution >= 0.6 is 0 Å². The highest BCUT2D eigenvalue weighted by molar-refractivity contribution is 5.79. The van der Waals surface area contributed by atoms with Crippen molar-refractivity contribution in [2.24, 2.45) is 11.3 Å². The molecule has 1 amide bonds. The number of nitrogens with one attached hydrogen (secondary N) is 1. The van der Waals surface area contributed by atoms with Crippen LogP contribution in [0.5, 0.6) is 0 Å². The number of hydrogen-bond donors (Lipinski definition) is 1. The lowest BCUT2D eigenvalue weighted by atomic mass is 9.68. The third kappa shape index (κ3) is 3.66. The molecule has 16 heavy (non-hydrogen) atoms. The molecule has 2 heteroatoms. The van der Waals surface area contributed by atoms with Gasteiger partial charge in [0.05, 0.1) is 0 Å². The van der Waals surface area contributed by atoms with Crippen LogP contribution in [-0.2, 0) is 4.79 Å². The zero-order valence-corrected chi connectivity index (χ0v) is 10.9. The topological polar surface area (TPSA) is 29.1 Å². The normalized spacial score (nSPS) is 24.6. The van der Waals surface area contributed by atoms with E-state index in [0.717, 1.165) is 19.4 Å². The molecule has 0 spiro atoms. The van der Waals surface area contributed by atoms with Crippen molar-refractivity contribution in [3.05, 3.63) is 12.2 Å². The number of carbonyl (C=O) groups excluding carboxylic acids is 1. The minimum Gasteiger partial charge on any atom is -0.356 e. The van der Waals surface area contributed by atoms with Gasteiger partial charge in [-0.1, -0.05) is 38.8 Å². The van der Waals surface area contributed by atoms with Crippen molar-refractivity contribution in [3.8, 4) is 0 Å². The van der Waals surface area contributed by atoms with Gasteiger partial charge in [-0.3, -0.25) is 4.79 Å². The molecule has 2 nitrogen and oxygen atoms in total. The molecule has 0 saturated heterocycles. The summed E-state index contributed by atoms with van der Waals surface area (Å²) in [6.07, 6.45) is 9.77. The zero-order chi connectivity index (χ0) is 12.0. The van der Waals surface area contributed by atoms with E-state index in [2.05, 4.69) is 25.2 Å². The summed E-state index contributed by atoms with van der Waals surface area (Å²) in [7, 11) is 0. The number of carbonyl (C=O) groups is 1. The molecule has 0 aromatic carbocycles. The smallest absolute Gasteiger partial charge is 0.223 e. The molecule has 0 radical (unpaired) electrons. The maximum absolute atomic E-state index is 12.0. The molecule has 1 aliphatic rings. The first-order valence-corrected chi connectivity index (χ1v) is 6.47. The first kappa shape index (κ1) is 13.3. The molecule has 1 unspecified atom stereocenters. The van der Waals surface area contributed by atoms with Crippen molar-refractivity contribution in [2.45, 2.75) is 52.9 Å². The third-order valence-electron chi connectivity index (χ3n) is 3.67. The minimum atomic E-state index is 0.183. The average molecular weight is 223 g/mol. The molecule has 1 rings (SSSR count). The highest BCUT2D eigenvalue weighted by atomic mass is 16.1. The van der Waals surface area contributed by atoms with Gasteiger partial charge in [0.25, 0.3) is 0 Å². The Balaban J connectivity index is 2.39. The molecular formula is C14H25NO. The van der Waals surface area contributed by atoms with E-state index in [9.17, 15) is 4.79 Å². The number of amides is 1. The summed E-state index contributed by atoms with van der Waals surface area (Å²) in [6, 6.07) is 0. The second-order valence-corrected chi connectivity index (χ2v) is 5.44. The Kier molecular flexibility index (Phi) is 5.04. The second kappa shape index (κ2) is 6.07. The second-order valence-electron chi connectivity index (χ2n) is 5.44. The highest BCUT2D eigenvalue weighted by Crippen LogP contribution is 2.40. The van der Waals surface area contributed by atoms with E-state index in [1.807, 2.05) is 13.0 Å². The zero-order valence-electron chi connectivity index (χ0n) is 10.9. The van der Waals surface area contributed by atoms with Crippen molar-refractivity contribution in [2.75, 3.05) is 6.54 Å². The van der Waals surface area contributed by atoms with Crippen LogP contribution in [0.2, 0.25) is 0 Å². The maximum Gasteiger partial charge on any atom is 0.223 e. The fraction of sp³-hybridized carbons (Fsp3) is 0.786. The molecule has 0 aromatic heterocycles. The van der Waals surface area contributed by atoms with Gasteiger partial charge < -0.3 is 5.32 Å². The largest absolute Gasteiger partial charge is 0.356 e. The first-order chi connectivity index (χ1) is 7.58. The molecule has 0 aliphatic heterocycles. The molecule has 0 heterocycles. The van der Waals surface area contributed by atoms with Crippen molar-refractivity contribution in [3.63, 3.8) is 0 Å². The predicted molar refractivity (Wildman–Crippen MR) is 68.2 cm³/mol. The van der Waals surface area contributed by atoms with Crippen molar-refractivity contribution >= 4 is 5.91 Å². The fourth-order valence-electron chi connectivity index (χ4n) is 2.55. The SMILES string of the molecule is C/C=C/CCNC(=O)C1CCCCC1(C)C. The lowest BCUT2D eigenvalue weighted by molar-refractivity contribution is -0.130. The molecule has 1 fully saturated rings. The lowest BCUT2D eigenvalue weighted by Crippen LogP contribution is -2.41. The molecule has 1 N–H and O–H groups in total. The molecule has 1 atom stereocenters. The van der Waals surface area contributed by atoms with E-state index in [4.69, 9.17) is 0 Å². The van der Waals surface area contributed by atoms with E-state index in [1.165, 1.54) is 19.3 Å². The van der Waals surface area contributed by atoms with Gasteiger partial charge >= 0.3 is 0 Å². The van der Waals surface area contributed by atoms with Crippen LogP contribution in [0.25, 0.3) is 0 Å². The molecule has 92 valence electrons.